The number of hydrogen-bond donors (Lipinski definition) is 2. The normalized spacial score (nSPS) is 28.1. The first-order valence-electron chi connectivity index (χ1n) is 2.40. The Bertz CT molecular complexity index is 115. The van der Waals surface area contributed by atoms with Gasteiger partial charge < -0.3 is 10.8 Å². The van der Waals surface area contributed by atoms with Gasteiger partial charge in [0.2, 0.25) is 0 Å². The molecule has 4 heteroatoms. The van der Waals surface area contributed by atoms with Crippen LogP contribution in [0.2, 0.25) is 0 Å². The number of nitrogens with zero attached hydrogens (tertiary/aromatic N) is 1. The summed E-state index contributed by atoms with van der Waals surface area (Å²) in [5.41, 5.74) is 5.30. The van der Waals surface area contributed by atoms with Crippen LogP contribution >= 0.6 is 11.8 Å². The topological polar surface area (TPSA) is 58.6 Å². The maximum atomic E-state index is 8.53. The fourth-order valence-electron chi connectivity index (χ4n) is 0.532. The third-order valence-corrected chi connectivity index (χ3v) is 1.94. The second-order valence-electron chi connectivity index (χ2n) is 1.60. The Hall–Kier alpha value is -0.220. The number of hydrogen-bond acceptors (Lipinski definition) is 4. The molecule has 0 fully saturated rings. The molecule has 3 N–H and O–H groups in total. The average molecular weight is 132 g/mol. The molecule has 8 heavy (non-hydrogen) atoms. The van der Waals surface area contributed by atoms with Crippen molar-refractivity contribution in [3.63, 3.8) is 0 Å². The molecule has 46 valence electrons. The molecule has 0 saturated heterocycles. The number of thioether (sulfide) groups is 1. The monoisotopic (exact) mass is 132 g/mol. The van der Waals surface area contributed by atoms with Crippen LogP contribution in [0.15, 0.2) is 4.99 Å². The van der Waals surface area contributed by atoms with Gasteiger partial charge in [0, 0.05) is 0 Å². The van der Waals surface area contributed by atoms with E-state index in [4.69, 9.17) is 10.8 Å². The van der Waals surface area contributed by atoms with Gasteiger partial charge in [-0.2, -0.15) is 0 Å². The van der Waals surface area contributed by atoms with Crippen molar-refractivity contribution in [2.45, 2.75) is 5.25 Å². The van der Waals surface area contributed by atoms with Crippen LogP contribution in [0.5, 0.6) is 0 Å². The standard InChI is InChI=1S/C4H8N2OS/c5-4-6-1-3(2-7)8-4/h3,7H,1-2H2,(H2,5,6)/t3-/m0/s1. The second-order valence-corrected chi connectivity index (χ2v) is 2.92. The maximum Gasteiger partial charge on any atom is 0.154 e. The number of rotatable bonds is 1. The minimum absolute atomic E-state index is 0.175. The van der Waals surface area contributed by atoms with Gasteiger partial charge in [-0.1, -0.05) is 11.8 Å². The fraction of sp³-hybridized carbons (Fsp3) is 0.750. The summed E-state index contributed by atoms with van der Waals surface area (Å²) in [7, 11) is 0. The van der Waals surface area contributed by atoms with E-state index in [0.717, 1.165) is 0 Å². The van der Waals surface area contributed by atoms with Gasteiger partial charge in [-0.15, -0.1) is 0 Å². The molecule has 0 aromatic rings. The van der Waals surface area contributed by atoms with Crippen molar-refractivity contribution in [3.05, 3.63) is 0 Å². The van der Waals surface area contributed by atoms with Gasteiger partial charge >= 0.3 is 0 Å². The van der Waals surface area contributed by atoms with Gasteiger partial charge in [0.1, 0.15) is 0 Å². The first-order valence-corrected chi connectivity index (χ1v) is 3.28. The van der Waals surface area contributed by atoms with Crippen molar-refractivity contribution < 1.29 is 5.11 Å². The van der Waals surface area contributed by atoms with Crippen LogP contribution in [0.25, 0.3) is 0 Å². The lowest BCUT2D eigenvalue weighted by Crippen LogP contribution is -2.10. The predicted molar refractivity (Wildman–Crippen MR) is 35.0 cm³/mol. The highest BCUT2D eigenvalue weighted by Crippen LogP contribution is 2.16. The van der Waals surface area contributed by atoms with Crippen LogP contribution in [0.4, 0.5) is 0 Å². The summed E-state index contributed by atoms with van der Waals surface area (Å²) < 4.78 is 0. The molecule has 0 aromatic heterocycles. The molecule has 1 atom stereocenters. The SMILES string of the molecule is NC1=NC[C@@H](CO)S1. The van der Waals surface area contributed by atoms with E-state index in [-0.39, 0.29) is 11.9 Å². The van der Waals surface area contributed by atoms with Crippen molar-refractivity contribution >= 4 is 16.9 Å². The minimum Gasteiger partial charge on any atom is -0.395 e. The highest BCUT2D eigenvalue weighted by atomic mass is 32.2. The number of aliphatic hydroxyl groups excluding tert-OH is 1. The lowest BCUT2D eigenvalue weighted by Gasteiger charge is -1.98. The van der Waals surface area contributed by atoms with Crippen molar-refractivity contribution in [3.8, 4) is 0 Å². The van der Waals surface area contributed by atoms with Crippen LogP contribution in [-0.4, -0.2) is 28.7 Å². The van der Waals surface area contributed by atoms with Crippen LogP contribution < -0.4 is 5.73 Å². The van der Waals surface area contributed by atoms with Crippen LogP contribution in [-0.2, 0) is 0 Å². The first kappa shape index (κ1) is 5.91. The predicted octanol–water partition coefficient (Wildman–Crippen LogP) is -0.591. The van der Waals surface area contributed by atoms with E-state index < -0.39 is 0 Å². The molecule has 0 aliphatic carbocycles. The summed E-state index contributed by atoms with van der Waals surface area (Å²) >= 11 is 1.44. The molecule has 1 rings (SSSR count). The van der Waals surface area contributed by atoms with E-state index in [0.29, 0.717) is 11.7 Å². The third-order valence-electron chi connectivity index (χ3n) is 0.942. The molecule has 1 aliphatic rings. The summed E-state index contributed by atoms with van der Waals surface area (Å²) in [5.74, 6) is 0. The van der Waals surface area contributed by atoms with Crippen LogP contribution in [0, 0.1) is 0 Å². The van der Waals surface area contributed by atoms with Crippen molar-refractivity contribution in [2.24, 2.45) is 10.7 Å². The Morgan fingerprint density at radius 1 is 2.00 bits per heavy atom. The number of aliphatic hydroxyl groups is 1. The first-order chi connectivity index (χ1) is 3.83. The fourth-order valence-corrected chi connectivity index (χ4v) is 1.25. The van der Waals surface area contributed by atoms with Gasteiger partial charge in [0.15, 0.2) is 5.17 Å². The van der Waals surface area contributed by atoms with E-state index in [1.54, 1.807) is 0 Å². The summed E-state index contributed by atoms with van der Waals surface area (Å²) in [4.78, 5) is 3.89. The Kier molecular flexibility index (Phi) is 1.75. The highest BCUT2D eigenvalue weighted by Gasteiger charge is 2.15. The average Bonchev–Trinajstić information content (AvgIpc) is 2.14. The summed E-state index contributed by atoms with van der Waals surface area (Å²) in [6.45, 7) is 0.849. The molecule has 1 aliphatic heterocycles. The summed E-state index contributed by atoms with van der Waals surface area (Å²) in [5, 5.41) is 9.35. The van der Waals surface area contributed by atoms with Gasteiger partial charge in [0.05, 0.1) is 18.4 Å². The molecule has 1 heterocycles. The zero-order valence-electron chi connectivity index (χ0n) is 4.37. The molecule has 0 spiro atoms. The van der Waals surface area contributed by atoms with Crippen molar-refractivity contribution in [1.82, 2.24) is 0 Å². The Morgan fingerprint density at radius 2 is 2.75 bits per heavy atom. The lowest BCUT2D eigenvalue weighted by atomic mass is 10.4. The quantitative estimate of drug-likeness (QED) is 0.501. The Morgan fingerprint density at radius 3 is 3.00 bits per heavy atom. The van der Waals surface area contributed by atoms with Crippen LogP contribution in [0.3, 0.4) is 0 Å². The van der Waals surface area contributed by atoms with Gasteiger partial charge in [-0.05, 0) is 0 Å². The van der Waals surface area contributed by atoms with E-state index in [1.807, 2.05) is 0 Å². The molecule has 0 unspecified atom stereocenters. The molecule has 0 bridgehead atoms. The second kappa shape index (κ2) is 2.37. The number of aliphatic imine (C=N–C) groups is 1. The van der Waals surface area contributed by atoms with Crippen LogP contribution in [0.1, 0.15) is 0 Å². The third kappa shape index (κ3) is 1.14. The van der Waals surface area contributed by atoms with Gasteiger partial charge in [0.25, 0.3) is 0 Å². The lowest BCUT2D eigenvalue weighted by molar-refractivity contribution is 0.297. The molecule has 3 nitrogen and oxygen atoms in total. The largest absolute Gasteiger partial charge is 0.395 e. The Balaban J connectivity index is 2.32. The zero-order valence-corrected chi connectivity index (χ0v) is 5.19. The smallest absolute Gasteiger partial charge is 0.154 e. The van der Waals surface area contributed by atoms with E-state index in [1.165, 1.54) is 11.8 Å². The molecular formula is C4H8N2OS. The molecular weight excluding hydrogens is 124 g/mol. The van der Waals surface area contributed by atoms with E-state index in [2.05, 4.69) is 4.99 Å². The molecule has 0 saturated carbocycles. The molecule has 0 radical (unpaired) electrons. The van der Waals surface area contributed by atoms with E-state index in [9.17, 15) is 0 Å². The molecule has 0 aromatic carbocycles. The summed E-state index contributed by atoms with van der Waals surface area (Å²) in [6, 6.07) is 0. The number of nitrogens with two attached hydrogens (primary N) is 1. The zero-order chi connectivity index (χ0) is 5.98. The van der Waals surface area contributed by atoms with E-state index >= 15 is 0 Å². The van der Waals surface area contributed by atoms with Gasteiger partial charge in [-0.3, -0.25) is 4.99 Å². The molecule has 0 amide bonds. The highest BCUT2D eigenvalue weighted by molar-refractivity contribution is 8.14. The maximum absolute atomic E-state index is 8.53. The minimum atomic E-state index is 0.175. The van der Waals surface area contributed by atoms with Crippen molar-refractivity contribution in [2.75, 3.05) is 13.2 Å². The Labute approximate surface area is 52.0 Å². The number of amidine groups is 1. The van der Waals surface area contributed by atoms with Gasteiger partial charge in [-0.25, -0.2) is 0 Å². The van der Waals surface area contributed by atoms with Crippen molar-refractivity contribution in [1.29, 1.82) is 0 Å². The summed E-state index contributed by atoms with van der Waals surface area (Å²) in [6.07, 6.45) is 0.